The Morgan fingerprint density at radius 1 is 1.21 bits per heavy atom. The Labute approximate surface area is 146 Å². The van der Waals surface area contributed by atoms with E-state index in [0.717, 1.165) is 5.56 Å². The first kappa shape index (κ1) is 17.9. The standard InChI is InChI=1S/C17H20N2O4S/c1-11-14(16(21)23-3)15(12-7-5-4-6-8-12)18-17(24)19(11)10-9-13(20)22-2/h4-8,15H,9-10H2,1-3H3,(H,18,24). The van der Waals surface area contributed by atoms with Crippen molar-refractivity contribution in [3.8, 4) is 0 Å². The highest BCUT2D eigenvalue weighted by atomic mass is 32.1. The normalized spacial score (nSPS) is 17.4. The van der Waals surface area contributed by atoms with Gasteiger partial charge in [-0.15, -0.1) is 0 Å². The maximum atomic E-state index is 12.3. The molecule has 0 amide bonds. The largest absolute Gasteiger partial charge is 0.469 e. The number of thiocarbonyl (C=S) groups is 1. The maximum Gasteiger partial charge on any atom is 0.337 e. The fourth-order valence-corrected chi connectivity index (χ4v) is 2.97. The number of hydrogen-bond donors (Lipinski definition) is 1. The van der Waals surface area contributed by atoms with Gasteiger partial charge in [-0.25, -0.2) is 4.79 Å². The van der Waals surface area contributed by atoms with Gasteiger partial charge in [0.1, 0.15) is 0 Å². The quantitative estimate of drug-likeness (QED) is 0.644. The molecular formula is C17H20N2O4S. The molecule has 1 N–H and O–H groups in total. The van der Waals surface area contributed by atoms with Crippen LogP contribution in [0.5, 0.6) is 0 Å². The lowest BCUT2D eigenvalue weighted by Gasteiger charge is -2.37. The van der Waals surface area contributed by atoms with E-state index >= 15 is 0 Å². The van der Waals surface area contributed by atoms with Crippen molar-refractivity contribution in [1.82, 2.24) is 10.2 Å². The Morgan fingerprint density at radius 2 is 1.88 bits per heavy atom. The Kier molecular flexibility index (Phi) is 5.92. The van der Waals surface area contributed by atoms with Crippen molar-refractivity contribution in [2.45, 2.75) is 19.4 Å². The summed E-state index contributed by atoms with van der Waals surface area (Å²) in [5.41, 5.74) is 2.05. The SMILES string of the molecule is COC(=O)CCN1C(=S)NC(c2ccccc2)C(C(=O)OC)=C1C. The van der Waals surface area contributed by atoms with E-state index in [9.17, 15) is 9.59 Å². The van der Waals surface area contributed by atoms with Crippen LogP contribution in [0.1, 0.15) is 24.9 Å². The van der Waals surface area contributed by atoms with E-state index in [1.807, 2.05) is 30.3 Å². The number of carbonyl (C=O) groups is 2. The molecule has 0 aliphatic carbocycles. The second-order valence-corrected chi connectivity index (χ2v) is 5.65. The number of ether oxygens (including phenoxy) is 2. The lowest BCUT2D eigenvalue weighted by Crippen LogP contribution is -2.48. The van der Waals surface area contributed by atoms with Crippen LogP contribution in [0.15, 0.2) is 41.6 Å². The lowest BCUT2D eigenvalue weighted by molar-refractivity contribution is -0.140. The number of esters is 2. The van der Waals surface area contributed by atoms with Gasteiger partial charge in [-0.1, -0.05) is 30.3 Å². The lowest BCUT2D eigenvalue weighted by atomic mass is 9.95. The molecule has 1 atom stereocenters. The van der Waals surface area contributed by atoms with E-state index in [1.54, 1.807) is 11.8 Å². The van der Waals surface area contributed by atoms with Crippen LogP contribution < -0.4 is 5.32 Å². The first-order valence-corrected chi connectivity index (χ1v) is 7.89. The number of carbonyl (C=O) groups excluding carboxylic acids is 2. The first-order chi connectivity index (χ1) is 11.5. The molecule has 1 heterocycles. The fourth-order valence-electron chi connectivity index (χ4n) is 2.63. The molecule has 6 nitrogen and oxygen atoms in total. The number of methoxy groups -OCH3 is 2. The summed E-state index contributed by atoms with van der Waals surface area (Å²) in [6, 6.07) is 9.14. The van der Waals surface area contributed by atoms with Crippen molar-refractivity contribution in [2.24, 2.45) is 0 Å². The van der Waals surface area contributed by atoms with Gasteiger partial charge in [-0.3, -0.25) is 4.79 Å². The molecule has 0 aromatic heterocycles. The number of nitrogens with one attached hydrogen (secondary N) is 1. The van der Waals surface area contributed by atoms with Gasteiger partial charge in [0.05, 0.1) is 32.3 Å². The molecule has 0 bridgehead atoms. The molecule has 0 spiro atoms. The molecular weight excluding hydrogens is 328 g/mol. The number of rotatable bonds is 5. The van der Waals surface area contributed by atoms with Crippen molar-refractivity contribution < 1.29 is 19.1 Å². The molecule has 2 rings (SSSR count). The molecule has 1 aromatic carbocycles. The zero-order valence-corrected chi connectivity index (χ0v) is 14.7. The third-order valence-electron chi connectivity index (χ3n) is 3.90. The van der Waals surface area contributed by atoms with Crippen molar-refractivity contribution in [3.05, 3.63) is 47.2 Å². The number of allylic oxidation sites excluding steroid dienone is 1. The van der Waals surface area contributed by atoms with Crippen molar-refractivity contribution in [3.63, 3.8) is 0 Å². The topological polar surface area (TPSA) is 67.9 Å². The van der Waals surface area contributed by atoms with Crippen LogP contribution in [0.2, 0.25) is 0 Å². The number of nitrogens with zero attached hydrogens (tertiary/aromatic N) is 1. The summed E-state index contributed by atoms with van der Waals surface area (Å²) in [6.07, 6.45) is 0.167. The minimum atomic E-state index is -0.431. The Balaban J connectivity index is 2.39. The Hall–Kier alpha value is -2.41. The summed E-state index contributed by atoms with van der Waals surface area (Å²) in [4.78, 5) is 25.5. The van der Waals surface area contributed by atoms with E-state index in [0.29, 0.717) is 22.9 Å². The van der Waals surface area contributed by atoms with Gasteiger partial charge in [0.15, 0.2) is 5.11 Å². The van der Waals surface area contributed by atoms with E-state index in [-0.39, 0.29) is 18.4 Å². The highest BCUT2D eigenvalue weighted by Crippen LogP contribution is 2.31. The molecule has 0 fully saturated rings. The van der Waals surface area contributed by atoms with Crippen molar-refractivity contribution in [2.75, 3.05) is 20.8 Å². The van der Waals surface area contributed by atoms with E-state index in [1.165, 1.54) is 14.2 Å². The van der Waals surface area contributed by atoms with Crippen LogP contribution in [0.3, 0.4) is 0 Å². The molecule has 1 unspecified atom stereocenters. The van der Waals surface area contributed by atoms with Gasteiger partial charge in [0.2, 0.25) is 0 Å². The van der Waals surface area contributed by atoms with Gasteiger partial charge in [0.25, 0.3) is 0 Å². The zero-order valence-electron chi connectivity index (χ0n) is 13.9. The van der Waals surface area contributed by atoms with Crippen molar-refractivity contribution >= 4 is 29.3 Å². The molecule has 7 heteroatoms. The molecule has 24 heavy (non-hydrogen) atoms. The summed E-state index contributed by atoms with van der Waals surface area (Å²) in [5, 5.41) is 3.62. The van der Waals surface area contributed by atoms with Crippen LogP contribution in [0.25, 0.3) is 0 Å². The third-order valence-corrected chi connectivity index (χ3v) is 4.24. The van der Waals surface area contributed by atoms with Gasteiger partial charge in [-0.05, 0) is 24.7 Å². The molecule has 1 aliphatic heterocycles. The smallest absolute Gasteiger partial charge is 0.337 e. The molecule has 0 radical (unpaired) electrons. The molecule has 0 saturated carbocycles. The third kappa shape index (κ3) is 3.73. The monoisotopic (exact) mass is 348 g/mol. The molecule has 1 aliphatic rings. The fraction of sp³-hybridized carbons (Fsp3) is 0.353. The van der Waals surface area contributed by atoms with Crippen LogP contribution in [0, 0.1) is 0 Å². The van der Waals surface area contributed by atoms with Crippen LogP contribution >= 0.6 is 12.2 Å². The predicted octanol–water partition coefficient (Wildman–Crippen LogP) is 1.93. The summed E-state index contributed by atoms with van der Waals surface area (Å²) >= 11 is 5.42. The van der Waals surface area contributed by atoms with Crippen LogP contribution in [-0.2, 0) is 19.1 Å². The van der Waals surface area contributed by atoms with Crippen molar-refractivity contribution in [1.29, 1.82) is 0 Å². The summed E-state index contributed by atoms with van der Waals surface area (Å²) in [5.74, 6) is -0.769. The molecule has 0 saturated heterocycles. The van der Waals surface area contributed by atoms with Gasteiger partial charge in [0, 0.05) is 12.2 Å². The minimum Gasteiger partial charge on any atom is -0.469 e. The van der Waals surface area contributed by atoms with Crippen LogP contribution in [-0.4, -0.2) is 42.7 Å². The van der Waals surface area contributed by atoms with Gasteiger partial charge in [-0.2, -0.15) is 0 Å². The summed E-state index contributed by atoms with van der Waals surface area (Å²) < 4.78 is 9.60. The second kappa shape index (κ2) is 7.92. The molecule has 128 valence electrons. The highest BCUT2D eigenvalue weighted by Gasteiger charge is 2.34. The summed E-state index contributed by atoms with van der Waals surface area (Å²) in [6.45, 7) is 2.12. The summed E-state index contributed by atoms with van der Waals surface area (Å²) in [7, 11) is 2.68. The minimum absolute atomic E-state index is 0.167. The second-order valence-electron chi connectivity index (χ2n) is 5.26. The van der Waals surface area contributed by atoms with Crippen LogP contribution in [0.4, 0.5) is 0 Å². The maximum absolute atomic E-state index is 12.3. The highest BCUT2D eigenvalue weighted by molar-refractivity contribution is 7.80. The van der Waals surface area contributed by atoms with Gasteiger partial charge >= 0.3 is 11.9 Å². The Morgan fingerprint density at radius 3 is 2.46 bits per heavy atom. The average molecular weight is 348 g/mol. The number of benzene rings is 1. The van der Waals surface area contributed by atoms with E-state index in [2.05, 4.69) is 10.1 Å². The Bertz CT molecular complexity index is 672. The first-order valence-electron chi connectivity index (χ1n) is 7.48. The molecule has 1 aromatic rings. The predicted molar refractivity (Wildman–Crippen MR) is 93.0 cm³/mol. The average Bonchev–Trinajstić information content (AvgIpc) is 2.60. The van der Waals surface area contributed by atoms with E-state index in [4.69, 9.17) is 17.0 Å². The zero-order chi connectivity index (χ0) is 17.7. The van der Waals surface area contributed by atoms with E-state index < -0.39 is 5.97 Å². The number of hydrogen-bond acceptors (Lipinski definition) is 5. The van der Waals surface area contributed by atoms with Gasteiger partial charge < -0.3 is 19.7 Å².